The van der Waals surface area contributed by atoms with Crippen LogP contribution in [0, 0.1) is 0 Å². The Morgan fingerprint density at radius 3 is 2.75 bits per heavy atom. The number of thiophene rings is 1. The van der Waals surface area contributed by atoms with E-state index in [4.69, 9.17) is 0 Å². The van der Waals surface area contributed by atoms with Gasteiger partial charge in [0.05, 0.1) is 0 Å². The summed E-state index contributed by atoms with van der Waals surface area (Å²) in [5.74, 6) is -0.219. The van der Waals surface area contributed by atoms with E-state index in [9.17, 15) is 9.59 Å². The molecule has 3 aromatic rings. The monoisotopic (exact) mass is 360 g/mol. The smallest absolute Gasteiger partial charge is 0.271 e. The van der Waals surface area contributed by atoms with E-state index in [1.807, 2.05) is 0 Å². The molecular formula is C16H16N4O2S2. The first-order chi connectivity index (χ1) is 11.7. The lowest BCUT2D eigenvalue weighted by Crippen LogP contribution is -2.49. The third kappa shape index (κ3) is 2.88. The molecule has 0 spiro atoms. The minimum Gasteiger partial charge on any atom is -0.336 e. The summed E-state index contributed by atoms with van der Waals surface area (Å²) in [5, 5.41) is 3.87. The van der Waals surface area contributed by atoms with E-state index >= 15 is 0 Å². The molecule has 1 saturated heterocycles. The van der Waals surface area contributed by atoms with E-state index in [1.165, 1.54) is 26.8 Å². The molecule has 0 aromatic carbocycles. The van der Waals surface area contributed by atoms with Crippen LogP contribution >= 0.6 is 22.7 Å². The van der Waals surface area contributed by atoms with Gasteiger partial charge in [0.25, 0.3) is 11.5 Å². The summed E-state index contributed by atoms with van der Waals surface area (Å²) in [7, 11) is 0. The highest BCUT2D eigenvalue weighted by Crippen LogP contribution is 2.14. The van der Waals surface area contributed by atoms with Crippen molar-refractivity contribution in [1.82, 2.24) is 19.2 Å². The Hall–Kier alpha value is -2.03. The van der Waals surface area contributed by atoms with Gasteiger partial charge < -0.3 is 4.90 Å². The maximum absolute atomic E-state index is 12.7. The number of thiazole rings is 1. The first-order valence-electron chi connectivity index (χ1n) is 7.71. The van der Waals surface area contributed by atoms with Crippen molar-refractivity contribution in [3.05, 3.63) is 56.1 Å². The van der Waals surface area contributed by atoms with Crippen molar-refractivity contribution in [3.8, 4) is 0 Å². The highest BCUT2D eigenvalue weighted by Gasteiger charge is 2.25. The molecule has 0 bridgehead atoms. The van der Waals surface area contributed by atoms with Crippen molar-refractivity contribution < 1.29 is 4.79 Å². The van der Waals surface area contributed by atoms with Crippen LogP contribution in [0.1, 0.15) is 15.2 Å². The lowest BCUT2D eigenvalue weighted by atomic mass is 10.2. The number of nitrogens with zero attached hydrogens (tertiary/aromatic N) is 4. The minimum absolute atomic E-state index is 0.151. The molecule has 1 fully saturated rings. The van der Waals surface area contributed by atoms with E-state index in [0.717, 1.165) is 19.6 Å². The average molecular weight is 360 g/mol. The van der Waals surface area contributed by atoms with Crippen LogP contribution in [0.4, 0.5) is 0 Å². The van der Waals surface area contributed by atoms with E-state index in [-0.39, 0.29) is 17.0 Å². The number of carbonyl (C=O) groups is 1. The Kier molecular flexibility index (Phi) is 4.17. The zero-order chi connectivity index (χ0) is 16.5. The van der Waals surface area contributed by atoms with Crippen molar-refractivity contribution in [3.63, 3.8) is 0 Å². The SMILES string of the molecule is O=C(c1cnc2sccn2c1=O)N1CCN(Cc2cccs2)CC1. The second-order valence-electron chi connectivity index (χ2n) is 5.68. The minimum atomic E-state index is -0.285. The van der Waals surface area contributed by atoms with Crippen LogP contribution in [-0.4, -0.2) is 51.3 Å². The fraction of sp³-hybridized carbons (Fsp3) is 0.312. The Bertz CT molecular complexity index is 908. The highest BCUT2D eigenvalue weighted by molar-refractivity contribution is 7.15. The largest absolute Gasteiger partial charge is 0.336 e. The van der Waals surface area contributed by atoms with Gasteiger partial charge in [-0.15, -0.1) is 22.7 Å². The lowest BCUT2D eigenvalue weighted by Gasteiger charge is -2.34. The quantitative estimate of drug-likeness (QED) is 0.714. The van der Waals surface area contributed by atoms with Crippen molar-refractivity contribution in [2.75, 3.05) is 26.2 Å². The molecular weight excluding hydrogens is 344 g/mol. The predicted octanol–water partition coefficient (Wildman–Crippen LogP) is 1.78. The number of aromatic nitrogens is 2. The second kappa shape index (κ2) is 6.46. The third-order valence-electron chi connectivity index (χ3n) is 4.19. The molecule has 3 aromatic heterocycles. The van der Waals surface area contributed by atoms with E-state index in [0.29, 0.717) is 18.1 Å². The summed E-state index contributed by atoms with van der Waals surface area (Å²) in [5.41, 5.74) is -0.134. The van der Waals surface area contributed by atoms with Crippen LogP contribution in [0.25, 0.3) is 4.96 Å². The van der Waals surface area contributed by atoms with Gasteiger partial charge in [-0.25, -0.2) is 4.98 Å². The average Bonchev–Trinajstić information content (AvgIpc) is 3.27. The standard InChI is InChI=1S/C16H16N4O2S2/c21-14(13-10-17-16-20(15(13)22)7-9-24-16)19-5-3-18(4-6-19)11-12-2-1-8-23-12/h1-2,7-10H,3-6,11H2. The molecule has 0 atom stereocenters. The van der Waals surface area contributed by atoms with Gasteiger partial charge in [0, 0.05) is 55.4 Å². The topological polar surface area (TPSA) is 57.9 Å². The molecule has 0 aliphatic carbocycles. The molecule has 0 saturated carbocycles. The molecule has 0 unspecified atom stereocenters. The molecule has 6 nitrogen and oxygen atoms in total. The van der Waals surface area contributed by atoms with Gasteiger partial charge in [-0.2, -0.15) is 0 Å². The Morgan fingerprint density at radius 1 is 1.17 bits per heavy atom. The summed E-state index contributed by atoms with van der Waals surface area (Å²) < 4.78 is 1.44. The van der Waals surface area contributed by atoms with E-state index < -0.39 is 0 Å². The lowest BCUT2D eigenvalue weighted by molar-refractivity contribution is 0.0627. The van der Waals surface area contributed by atoms with Gasteiger partial charge in [0.2, 0.25) is 0 Å². The van der Waals surface area contributed by atoms with Gasteiger partial charge in [-0.1, -0.05) is 6.07 Å². The molecule has 1 aliphatic rings. The van der Waals surface area contributed by atoms with Gasteiger partial charge >= 0.3 is 0 Å². The van der Waals surface area contributed by atoms with E-state index in [1.54, 1.807) is 27.8 Å². The van der Waals surface area contributed by atoms with Crippen LogP contribution in [-0.2, 0) is 6.54 Å². The van der Waals surface area contributed by atoms with Crippen molar-refractivity contribution in [2.45, 2.75) is 6.54 Å². The molecule has 1 aliphatic heterocycles. The van der Waals surface area contributed by atoms with Crippen molar-refractivity contribution in [2.24, 2.45) is 0 Å². The van der Waals surface area contributed by atoms with Crippen LogP contribution in [0.3, 0.4) is 0 Å². The Balaban J connectivity index is 1.45. The number of amides is 1. The third-order valence-corrected chi connectivity index (χ3v) is 5.82. The fourth-order valence-electron chi connectivity index (χ4n) is 2.87. The molecule has 24 heavy (non-hydrogen) atoms. The van der Waals surface area contributed by atoms with E-state index in [2.05, 4.69) is 27.4 Å². The van der Waals surface area contributed by atoms with Gasteiger partial charge in [0.15, 0.2) is 4.96 Å². The fourth-order valence-corrected chi connectivity index (χ4v) is 4.30. The summed E-state index contributed by atoms with van der Waals surface area (Å²) in [6, 6.07) is 4.19. The van der Waals surface area contributed by atoms with Crippen molar-refractivity contribution >= 4 is 33.5 Å². The second-order valence-corrected chi connectivity index (χ2v) is 7.59. The maximum atomic E-state index is 12.7. The number of fused-ring (bicyclic) bond motifs is 1. The molecule has 4 heterocycles. The first kappa shape index (κ1) is 15.5. The van der Waals surface area contributed by atoms with Gasteiger partial charge in [0.1, 0.15) is 5.56 Å². The summed E-state index contributed by atoms with van der Waals surface area (Å²) in [4.78, 5) is 35.3. The number of carbonyl (C=O) groups excluding carboxylic acids is 1. The molecule has 124 valence electrons. The van der Waals surface area contributed by atoms with Crippen LogP contribution in [0.2, 0.25) is 0 Å². The summed E-state index contributed by atoms with van der Waals surface area (Å²) in [6.45, 7) is 3.83. The zero-order valence-corrected chi connectivity index (χ0v) is 14.6. The van der Waals surface area contributed by atoms with Crippen molar-refractivity contribution in [1.29, 1.82) is 0 Å². The zero-order valence-electron chi connectivity index (χ0n) is 12.9. The normalized spacial score (nSPS) is 15.9. The molecule has 0 radical (unpaired) electrons. The Labute approximate surface area is 146 Å². The predicted molar refractivity (Wildman–Crippen MR) is 94.8 cm³/mol. The van der Waals surface area contributed by atoms with Gasteiger partial charge in [-0.05, 0) is 11.4 Å². The Morgan fingerprint density at radius 2 is 2.00 bits per heavy atom. The summed E-state index contributed by atoms with van der Waals surface area (Å²) in [6.07, 6.45) is 3.07. The van der Waals surface area contributed by atoms with Crippen LogP contribution in [0.5, 0.6) is 0 Å². The highest BCUT2D eigenvalue weighted by atomic mass is 32.1. The molecule has 1 amide bonds. The molecule has 0 N–H and O–H groups in total. The van der Waals surface area contributed by atoms with Gasteiger partial charge in [-0.3, -0.25) is 18.9 Å². The number of hydrogen-bond donors (Lipinski definition) is 0. The van der Waals surface area contributed by atoms with Crippen LogP contribution in [0.15, 0.2) is 40.1 Å². The molecule has 4 rings (SSSR count). The molecule has 8 heteroatoms. The summed E-state index contributed by atoms with van der Waals surface area (Å²) >= 11 is 3.13. The number of rotatable bonds is 3. The number of hydrogen-bond acceptors (Lipinski definition) is 6. The number of piperazine rings is 1. The maximum Gasteiger partial charge on any atom is 0.271 e. The first-order valence-corrected chi connectivity index (χ1v) is 9.47. The van der Waals surface area contributed by atoms with Crippen LogP contribution < -0.4 is 5.56 Å².